The van der Waals surface area contributed by atoms with Gasteiger partial charge in [0.05, 0.1) is 19.4 Å². The molecule has 144 valence electrons. The van der Waals surface area contributed by atoms with Crippen molar-refractivity contribution in [2.75, 3.05) is 46.8 Å². The Morgan fingerprint density at radius 2 is 1.28 bits per heavy atom. The Morgan fingerprint density at radius 3 is 1.72 bits per heavy atom. The summed E-state index contributed by atoms with van der Waals surface area (Å²) in [6.07, 6.45) is -0.765. The predicted octanol–water partition coefficient (Wildman–Crippen LogP) is -3.06. The van der Waals surface area contributed by atoms with E-state index in [1.54, 1.807) is 0 Å². The first-order valence-corrected chi connectivity index (χ1v) is 7.80. The minimum atomic E-state index is -1.70. The van der Waals surface area contributed by atoms with Gasteiger partial charge in [-0.3, -0.25) is 24.5 Å². The van der Waals surface area contributed by atoms with E-state index in [4.69, 9.17) is 5.11 Å². The molecule has 0 unspecified atom stereocenters. The predicted molar refractivity (Wildman–Crippen MR) is 89.1 cm³/mol. The monoisotopic (exact) mass is 361 g/mol. The molecule has 0 saturated heterocycles. The molecule has 0 aromatic rings. The molecule has 0 heterocycles. The molecular formula is C14H27N5O6. The summed E-state index contributed by atoms with van der Waals surface area (Å²) in [6.45, 7) is 1.37. The van der Waals surface area contributed by atoms with Crippen LogP contribution in [-0.4, -0.2) is 86.3 Å². The molecule has 2 amide bonds. The molecule has 11 heteroatoms. The highest BCUT2D eigenvalue weighted by molar-refractivity contribution is 5.92. The Hall–Kier alpha value is -2.24. The number of hydrogen-bond acceptors (Lipinski definition) is 7. The average Bonchev–Trinajstić information content (AvgIpc) is 2.56. The first kappa shape index (κ1) is 22.8. The van der Waals surface area contributed by atoms with Crippen LogP contribution in [0.1, 0.15) is 12.8 Å². The fourth-order valence-corrected chi connectivity index (χ4v) is 2.03. The lowest BCUT2D eigenvalue weighted by molar-refractivity contribution is -0.149. The second-order valence-electron chi connectivity index (χ2n) is 5.33. The van der Waals surface area contributed by atoms with Gasteiger partial charge in [-0.15, -0.1) is 0 Å². The van der Waals surface area contributed by atoms with Crippen LogP contribution >= 0.6 is 0 Å². The summed E-state index contributed by atoms with van der Waals surface area (Å²) in [6, 6.07) is 0. The van der Waals surface area contributed by atoms with Crippen molar-refractivity contribution in [1.29, 1.82) is 0 Å². The van der Waals surface area contributed by atoms with Gasteiger partial charge in [-0.1, -0.05) is 0 Å². The first-order chi connectivity index (χ1) is 11.8. The molecule has 7 N–H and O–H groups in total. The van der Waals surface area contributed by atoms with E-state index in [2.05, 4.69) is 26.6 Å². The molecule has 11 nitrogen and oxygen atoms in total. The second kappa shape index (κ2) is 12.2. The van der Waals surface area contributed by atoms with Crippen molar-refractivity contribution >= 4 is 23.8 Å². The summed E-state index contributed by atoms with van der Waals surface area (Å²) in [5.41, 5.74) is -1.70. The quantitative estimate of drug-likeness (QED) is 0.159. The van der Waals surface area contributed by atoms with Crippen molar-refractivity contribution in [1.82, 2.24) is 26.6 Å². The van der Waals surface area contributed by atoms with Gasteiger partial charge >= 0.3 is 11.9 Å². The van der Waals surface area contributed by atoms with Gasteiger partial charge in [0, 0.05) is 40.3 Å². The van der Waals surface area contributed by atoms with E-state index < -0.39 is 29.3 Å². The van der Waals surface area contributed by atoms with Crippen LogP contribution in [0.4, 0.5) is 0 Å². The normalized spacial score (nSPS) is 11.0. The molecule has 0 aliphatic rings. The lowest BCUT2D eigenvalue weighted by Crippen LogP contribution is -2.58. The van der Waals surface area contributed by atoms with Gasteiger partial charge in [0.1, 0.15) is 5.54 Å². The van der Waals surface area contributed by atoms with Gasteiger partial charge < -0.3 is 31.5 Å². The highest BCUT2D eigenvalue weighted by atomic mass is 16.4. The smallest absolute Gasteiger partial charge is 0.324 e. The van der Waals surface area contributed by atoms with E-state index in [1.807, 2.05) is 0 Å². The van der Waals surface area contributed by atoms with Gasteiger partial charge in [0.2, 0.25) is 11.8 Å². The van der Waals surface area contributed by atoms with Crippen LogP contribution in [0.2, 0.25) is 0 Å². The number of rotatable bonds is 14. The molecule has 0 aromatic carbocycles. The van der Waals surface area contributed by atoms with Crippen LogP contribution in [0, 0.1) is 0 Å². The zero-order valence-corrected chi connectivity index (χ0v) is 14.5. The first-order valence-electron chi connectivity index (χ1n) is 7.80. The molecule has 0 spiro atoms. The number of aliphatic carboxylic acids is 2. The third-order valence-corrected chi connectivity index (χ3v) is 3.41. The zero-order chi connectivity index (χ0) is 19.3. The van der Waals surface area contributed by atoms with Crippen LogP contribution in [0.5, 0.6) is 0 Å². The Balaban J connectivity index is 4.51. The Kier molecular flexibility index (Phi) is 11.1. The molecule has 0 saturated carbocycles. The van der Waals surface area contributed by atoms with Gasteiger partial charge in [-0.05, 0) is 0 Å². The molecule has 0 atom stereocenters. The van der Waals surface area contributed by atoms with Crippen molar-refractivity contribution in [2.45, 2.75) is 18.4 Å². The summed E-state index contributed by atoms with van der Waals surface area (Å²) in [7, 11) is 2.78. The van der Waals surface area contributed by atoms with E-state index >= 15 is 0 Å². The standard InChI is InChI=1S/C14H27N5O6/c1-15-10(20)7-14(13(24)25,8-11(21)16-2)19-6-5-17-3-4-18-9-12(22)23/h17-19H,3-9H2,1-2H3,(H,15,20)(H,16,21)(H,22,23)(H,24,25). The summed E-state index contributed by atoms with van der Waals surface area (Å²) in [4.78, 5) is 45.3. The van der Waals surface area contributed by atoms with E-state index in [0.29, 0.717) is 19.6 Å². The second-order valence-corrected chi connectivity index (χ2v) is 5.33. The number of carbonyl (C=O) groups excluding carboxylic acids is 2. The fourth-order valence-electron chi connectivity index (χ4n) is 2.03. The molecule has 0 fully saturated rings. The Bertz CT molecular complexity index is 453. The molecule has 0 aliphatic heterocycles. The largest absolute Gasteiger partial charge is 0.480 e. The highest BCUT2D eigenvalue weighted by Gasteiger charge is 2.41. The van der Waals surface area contributed by atoms with Crippen LogP contribution in [0.3, 0.4) is 0 Å². The maximum Gasteiger partial charge on any atom is 0.324 e. The third-order valence-electron chi connectivity index (χ3n) is 3.41. The number of carboxylic acid groups (broad SMARTS) is 2. The molecule has 0 bridgehead atoms. The topological polar surface area (TPSA) is 169 Å². The van der Waals surface area contributed by atoms with Crippen LogP contribution < -0.4 is 26.6 Å². The summed E-state index contributed by atoms with van der Waals surface area (Å²) < 4.78 is 0. The minimum Gasteiger partial charge on any atom is -0.480 e. The molecule has 0 aromatic heterocycles. The maximum atomic E-state index is 11.7. The fraction of sp³-hybridized carbons (Fsp3) is 0.714. The Morgan fingerprint density at radius 1 is 0.800 bits per heavy atom. The van der Waals surface area contributed by atoms with E-state index in [-0.39, 0.29) is 25.9 Å². The van der Waals surface area contributed by atoms with Crippen molar-refractivity contribution in [3.8, 4) is 0 Å². The van der Waals surface area contributed by atoms with Crippen LogP contribution in [0.25, 0.3) is 0 Å². The number of nitrogens with one attached hydrogen (secondary N) is 5. The number of carboxylic acids is 2. The van der Waals surface area contributed by atoms with E-state index in [0.717, 1.165) is 0 Å². The third kappa shape index (κ3) is 9.59. The van der Waals surface area contributed by atoms with Crippen LogP contribution in [-0.2, 0) is 19.2 Å². The van der Waals surface area contributed by atoms with Gasteiger partial charge in [0.15, 0.2) is 0 Å². The van der Waals surface area contributed by atoms with Crippen LogP contribution in [0.15, 0.2) is 0 Å². The Labute approximate surface area is 145 Å². The van der Waals surface area contributed by atoms with E-state index in [9.17, 15) is 24.3 Å². The van der Waals surface area contributed by atoms with Crippen molar-refractivity contribution < 1.29 is 29.4 Å². The average molecular weight is 361 g/mol. The number of amides is 2. The molecular weight excluding hydrogens is 334 g/mol. The molecule has 25 heavy (non-hydrogen) atoms. The molecule has 0 aliphatic carbocycles. The lowest BCUT2D eigenvalue weighted by atomic mass is 9.90. The minimum absolute atomic E-state index is 0.139. The van der Waals surface area contributed by atoms with Crippen molar-refractivity contribution in [3.63, 3.8) is 0 Å². The van der Waals surface area contributed by atoms with Gasteiger partial charge in [-0.2, -0.15) is 0 Å². The highest BCUT2D eigenvalue weighted by Crippen LogP contribution is 2.16. The van der Waals surface area contributed by atoms with Gasteiger partial charge in [-0.25, -0.2) is 0 Å². The lowest BCUT2D eigenvalue weighted by Gasteiger charge is -2.29. The van der Waals surface area contributed by atoms with Crippen molar-refractivity contribution in [3.05, 3.63) is 0 Å². The zero-order valence-electron chi connectivity index (χ0n) is 14.5. The summed E-state index contributed by atoms with van der Waals surface area (Å²) >= 11 is 0. The molecule has 0 rings (SSSR count). The SMILES string of the molecule is CNC(=O)CC(CC(=O)NC)(NCCNCCNCC(=O)O)C(=O)O. The summed E-state index contributed by atoms with van der Waals surface area (Å²) in [5, 5.41) is 31.2. The number of hydrogen-bond donors (Lipinski definition) is 7. The van der Waals surface area contributed by atoms with E-state index in [1.165, 1.54) is 14.1 Å². The molecule has 0 radical (unpaired) electrons. The van der Waals surface area contributed by atoms with Gasteiger partial charge in [0.25, 0.3) is 0 Å². The number of carbonyl (C=O) groups is 4. The maximum absolute atomic E-state index is 11.7. The summed E-state index contributed by atoms with van der Waals surface area (Å²) in [5.74, 6) is -3.23. The van der Waals surface area contributed by atoms with Crippen molar-refractivity contribution in [2.24, 2.45) is 0 Å².